The fraction of sp³-hybridized carbons (Fsp3) is 1.00. The van der Waals surface area contributed by atoms with E-state index in [4.69, 9.17) is 0 Å². The van der Waals surface area contributed by atoms with Gasteiger partial charge in [-0.2, -0.15) is 0 Å². The molecule has 0 N–H and O–H groups in total. The molecule has 0 saturated heterocycles. The highest BCUT2D eigenvalue weighted by atomic mass is 15.1. The van der Waals surface area contributed by atoms with Gasteiger partial charge in [-0.3, -0.25) is 0 Å². The number of rotatable bonds is 4. The SMILES string of the molecule is CCCN(C)[C@H](C)CC. The third-order valence-electron chi connectivity index (χ3n) is 1.92. The second-order valence-electron chi connectivity index (χ2n) is 2.74. The molecule has 0 aromatic carbocycles. The summed E-state index contributed by atoms with van der Waals surface area (Å²) in [5.74, 6) is 0. The molecule has 1 nitrogen and oxygen atoms in total. The summed E-state index contributed by atoms with van der Waals surface area (Å²) in [5, 5.41) is 0. The maximum Gasteiger partial charge on any atom is 0.00612 e. The van der Waals surface area contributed by atoms with Gasteiger partial charge in [0, 0.05) is 6.04 Å². The van der Waals surface area contributed by atoms with E-state index in [1.807, 2.05) is 0 Å². The van der Waals surface area contributed by atoms with Crippen LogP contribution in [0.5, 0.6) is 0 Å². The van der Waals surface area contributed by atoms with Crippen molar-refractivity contribution in [1.29, 1.82) is 0 Å². The third kappa shape index (κ3) is 3.52. The van der Waals surface area contributed by atoms with Crippen molar-refractivity contribution in [3.05, 3.63) is 0 Å². The zero-order valence-corrected chi connectivity index (χ0v) is 7.15. The van der Waals surface area contributed by atoms with Crippen molar-refractivity contribution in [2.24, 2.45) is 0 Å². The second-order valence-corrected chi connectivity index (χ2v) is 2.74. The van der Waals surface area contributed by atoms with Crippen LogP contribution in [-0.4, -0.2) is 24.5 Å². The first-order valence-corrected chi connectivity index (χ1v) is 3.92. The summed E-state index contributed by atoms with van der Waals surface area (Å²) in [6, 6.07) is 0.755. The smallest absolute Gasteiger partial charge is 0.00612 e. The minimum Gasteiger partial charge on any atom is -0.304 e. The van der Waals surface area contributed by atoms with Crippen LogP contribution in [0.15, 0.2) is 0 Å². The van der Waals surface area contributed by atoms with Gasteiger partial charge < -0.3 is 4.90 Å². The van der Waals surface area contributed by atoms with Crippen molar-refractivity contribution in [2.75, 3.05) is 13.6 Å². The highest BCUT2D eigenvalue weighted by molar-refractivity contribution is 4.58. The lowest BCUT2D eigenvalue weighted by atomic mass is 10.2. The Morgan fingerprint density at radius 2 is 1.89 bits per heavy atom. The van der Waals surface area contributed by atoms with E-state index in [9.17, 15) is 0 Å². The van der Waals surface area contributed by atoms with Crippen molar-refractivity contribution >= 4 is 0 Å². The molecular formula is C8H19N. The van der Waals surface area contributed by atoms with E-state index >= 15 is 0 Å². The average molecular weight is 129 g/mol. The van der Waals surface area contributed by atoms with Gasteiger partial charge in [-0.15, -0.1) is 0 Å². The molecule has 0 saturated carbocycles. The highest BCUT2D eigenvalue weighted by Crippen LogP contribution is 1.99. The molecule has 56 valence electrons. The predicted molar refractivity (Wildman–Crippen MR) is 42.7 cm³/mol. The Bertz CT molecular complexity index is 61.6. The minimum atomic E-state index is 0.755. The average Bonchev–Trinajstić information content (AvgIpc) is 1.87. The molecule has 0 aliphatic carbocycles. The first kappa shape index (κ1) is 8.96. The largest absolute Gasteiger partial charge is 0.304 e. The molecule has 0 aromatic rings. The topological polar surface area (TPSA) is 3.24 Å². The van der Waals surface area contributed by atoms with E-state index in [0.29, 0.717) is 0 Å². The molecule has 0 aliphatic rings. The number of nitrogens with zero attached hydrogens (tertiary/aromatic N) is 1. The first-order valence-electron chi connectivity index (χ1n) is 3.92. The van der Waals surface area contributed by atoms with Gasteiger partial charge in [0.2, 0.25) is 0 Å². The summed E-state index contributed by atoms with van der Waals surface area (Å²) in [6.07, 6.45) is 2.53. The molecule has 0 unspecified atom stereocenters. The quantitative estimate of drug-likeness (QED) is 0.562. The highest BCUT2D eigenvalue weighted by Gasteiger charge is 2.02. The summed E-state index contributed by atoms with van der Waals surface area (Å²) in [5.41, 5.74) is 0. The van der Waals surface area contributed by atoms with E-state index in [2.05, 4.69) is 32.7 Å². The van der Waals surface area contributed by atoms with Crippen LogP contribution < -0.4 is 0 Å². The van der Waals surface area contributed by atoms with Crippen molar-refractivity contribution in [1.82, 2.24) is 4.90 Å². The summed E-state index contributed by atoms with van der Waals surface area (Å²) < 4.78 is 0. The first-order chi connectivity index (χ1) is 4.22. The molecule has 0 heterocycles. The Kier molecular flexibility index (Phi) is 4.78. The molecule has 0 rings (SSSR count). The van der Waals surface area contributed by atoms with Gasteiger partial charge in [-0.05, 0) is 33.4 Å². The monoisotopic (exact) mass is 129 g/mol. The van der Waals surface area contributed by atoms with Crippen LogP contribution in [0.2, 0.25) is 0 Å². The van der Waals surface area contributed by atoms with Gasteiger partial charge in [0.1, 0.15) is 0 Å². The Morgan fingerprint density at radius 3 is 2.22 bits per heavy atom. The standard InChI is InChI=1S/C8H19N/c1-5-7-9(4)8(3)6-2/h8H,5-7H2,1-4H3/t8-/m1/s1. The normalized spacial score (nSPS) is 14.3. The fourth-order valence-electron chi connectivity index (χ4n) is 0.885. The second kappa shape index (κ2) is 4.80. The molecule has 0 aromatic heterocycles. The van der Waals surface area contributed by atoms with Crippen molar-refractivity contribution in [2.45, 2.75) is 39.7 Å². The van der Waals surface area contributed by atoms with Crippen LogP contribution in [0, 0.1) is 0 Å². The molecule has 0 fully saturated rings. The molecule has 0 spiro atoms. The Hall–Kier alpha value is -0.0400. The van der Waals surface area contributed by atoms with E-state index in [1.54, 1.807) is 0 Å². The van der Waals surface area contributed by atoms with E-state index in [1.165, 1.54) is 19.4 Å². The fourth-order valence-corrected chi connectivity index (χ4v) is 0.885. The van der Waals surface area contributed by atoms with Crippen molar-refractivity contribution < 1.29 is 0 Å². The van der Waals surface area contributed by atoms with Gasteiger partial charge in [-0.1, -0.05) is 13.8 Å². The molecule has 0 bridgehead atoms. The van der Waals surface area contributed by atoms with E-state index in [-0.39, 0.29) is 0 Å². The van der Waals surface area contributed by atoms with Gasteiger partial charge in [0.15, 0.2) is 0 Å². The number of hydrogen-bond acceptors (Lipinski definition) is 1. The van der Waals surface area contributed by atoms with Crippen molar-refractivity contribution in [3.8, 4) is 0 Å². The molecule has 0 amide bonds. The summed E-state index contributed by atoms with van der Waals surface area (Å²) in [6.45, 7) is 7.96. The van der Waals surface area contributed by atoms with Gasteiger partial charge in [-0.25, -0.2) is 0 Å². The molecule has 9 heavy (non-hydrogen) atoms. The lowest BCUT2D eigenvalue weighted by molar-refractivity contribution is 0.252. The van der Waals surface area contributed by atoms with Crippen LogP contribution >= 0.6 is 0 Å². The Balaban J connectivity index is 3.32. The van der Waals surface area contributed by atoms with Gasteiger partial charge >= 0.3 is 0 Å². The molecule has 0 radical (unpaired) electrons. The number of hydrogen-bond donors (Lipinski definition) is 0. The molecule has 1 atom stereocenters. The lowest BCUT2D eigenvalue weighted by Gasteiger charge is -2.22. The van der Waals surface area contributed by atoms with Gasteiger partial charge in [0.25, 0.3) is 0 Å². The van der Waals surface area contributed by atoms with Crippen molar-refractivity contribution in [3.63, 3.8) is 0 Å². The Morgan fingerprint density at radius 1 is 1.33 bits per heavy atom. The van der Waals surface area contributed by atoms with Crippen LogP contribution in [-0.2, 0) is 0 Å². The summed E-state index contributed by atoms with van der Waals surface area (Å²) in [4.78, 5) is 2.40. The maximum atomic E-state index is 2.40. The van der Waals surface area contributed by atoms with Gasteiger partial charge in [0.05, 0.1) is 0 Å². The molecule has 1 heteroatoms. The minimum absolute atomic E-state index is 0.755. The van der Waals surface area contributed by atoms with E-state index in [0.717, 1.165) is 6.04 Å². The zero-order valence-electron chi connectivity index (χ0n) is 7.15. The lowest BCUT2D eigenvalue weighted by Crippen LogP contribution is -2.28. The Labute approximate surface area is 59.1 Å². The predicted octanol–water partition coefficient (Wildman–Crippen LogP) is 2.13. The molecule has 0 aliphatic heterocycles. The maximum absolute atomic E-state index is 2.40. The third-order valence-corrected chi connectivity index (χ3v) is 1.92. The van der Waals surface area contributed by atoms with Crippen LogP contribution in [0.1, 0.15) is 33.6 Å². The van der Waals surface area contributed by atoms with Crippen LogP contribution in [0.3, 0.4) is 0 Å². The summed E-state index contributed by atoms with van der Waals surface area (Å²) in [7, 11) is 2.19. The zero-order chi connectivity index (χ0) is 7.28. The van der Waals surface area contributed by atoms with E-state index < -0.39 is 0 Å². The molecular weight excluding hydrogens is 110 g/mol. The van der Waals surface area contributed by atoms with Crippen LogP contribution in [0.25, 0.3) is 0 Å². The van der Waals surface area contributed by atoms with Crippen LogP contribution in [0.4, 0.5) is 0 Å². The summed E-state index contributed by atoms with van der Waals surface area (Å²) >= 11 is 0.